The van der Waals surface area contributed by atoms with Gasteiger partial charge in [0.25, 0.3) is 0 Å². The van der Waals surface area contributed by atoms with E-state index in [9.17, 15) is 4.79 Å². The normalized spacial score (nSPS) is 12.5. The molecule has 0 radical (unpaired) electrons. The quantitative estimate of drug-likeness (QED) is 0.764. The van der Waals surface area contributed by atoms with E-state index in [1.807, 2.05) is 13.8 Å². The number of hydrogen-bond donors (Lipinski definition) is 0. The molecule has 1 unspecified atom stereocenters. The van der Waals surface area contributed by atoms with E-state index in [1.165, 1.54) is 0 Å². The van der Waals surface area contributed by atoms with Gasteiger partial charge in [0.2, 0.25) is 0 Å². The van der Waals surface area contributed by atoms with Gasteiger partial charge in [-0.1, -0.05) is 37.0 Å². The number of carbonyl (C=O) groups excluding carboxylic acids is 1. The summed E-state index contributed by atoms with van der Waals surface area (Å²) in [6.45, 7) is 3.86. The molecule has 0 aromatic heterocycles. The Labute approximate surface area is 100 Å². The molecular weight excluding hydrogens is 231 g/mol. The Hall–Kier alpha value is -0.530. The summed E-state index contributed by atoms with van der Waals surface area (Å²) in [5.41, 5.74) is 0.822. The first-order valence-electron chi connectivity index (χ1n) is 5.04. The van der Waals surface area contributed by atoms with Crippen molar-refractivity contribution < 1.29 is 4.79 Å². The minimum absolute atomic E-state index is 0.170. The van der Waals surface area contributed by atoms with Crippen molar-refractivity contribution in [3.05, 3.63) is 33.8 Å². The van der Waals surface area contributed by atoms with Gasteiger partial charge in [0.05, 0.1) is 0 Å². The van der Waals surface area contributed by atoms with Crippen LogP contribution in [0.4, 0.5) is 0 Å². The maximum atomic E-state index is 11.7. The monoisotopic (exact) mass is 244 g/mol. The lowest BCUT2D eigenvalue weighted by Gasteiger charge is -2.12. The van der Waals surface area contributed by atoms with Gasteiger partial charge in [-0.15, -0.1) is 0 Å². The summed E-state index contributed by atoms with van der Waals surface area (Å²) in [6, 6.07) is 5.22. The zero-order chi connectivity index (χ0) is 11.4. The molecule has 0 amide bonds. The minimum Gasteiger partial charge on any atom is -0.299 e. The van der Waals surface area contributed by atoms with Crippen molar-refractivity contribution in [2.24, 2.45) is 0 Å². The van der Waals surface area contributed by atoms with E-state index in [0.29, 0.717) is 16.5 Å². The molecule has 1 aromatic carbocycles. The molecule has 1 rings (SSSR count). The van der Waals surface area contributed by atoms with Crippen LogP contribution in [0.5, 0.6) is 0 Å². The molecule has 1 atom stereocenters. The van der Waals surface area contributed by atoms with Gasteiger partial charge in [-0.25, -0.2) is 0 Å². The second kappa shape index (κ2) is 5.53. The van der Waals surface area contributed by atoms with E-state index in [1.54, 1.807) is 18.2 Å². The lowest BCUT2D eigenvalue weighted by molar-refractivity contribution is -0.120. The first-order chi connectivity index (χ1) is 7.06. The second-order valence-corrected chi connectivity index (χ2v) is 4.45. The summed E-state index contributed by atoms with van der Waals surface area (Å²) in [4.78, 5) is 11.7. The van der Waals surface area contributed by atoms with Crippen LogP contribution >= 0.6 is 23.2 Å². The van der Waals surface area contributed by atoms with Gasteiger partial charge in [-0.3, -0.25) is 4.79 Å². The average molecular weight is 245 g/mol. The molecule has 0 saturated carbocycles. The second-order valence-electron chi connectivity index (χ2n) is 3.60. The van der Waals surface area contributed by atoms with E-state index < -0.39 is 0 Å². The summed E-state index contributed by atoms with van der Waals surface area (Å²) in [5.74, 6) is 0.0396. The molecule has 82 valence electrons. The standard InChI is InChI=1S/C12H14Cl2O/c1-3-4-12(15)8(2)10-7-9(13)5-6-11(10)14/h5-8H,3-4H2,1-2H3. The highest BCUT2D eigenvalue weighted by molar-refractivity contribution is 6.33. The molecule has 0 bridgehead atoms. The molecule has 1 aromatic rings. The molecule has 0 fully saturated rings. The molecule has 0 spiro atoms. The topological polar surface area (TPSA) is 17.1 Å². The van der Waals surface area contributed by atoms with Crippen LogP contribution in [0.15, 0.2) is 18.2 Å². The highest BCUT2D eigenvalue weighted by Crippen LogP contribution is 2.28. The largest absolute Gasteiger partial charge is 0.299 e. The Morgan fingerprint density at radius 3 is 2.67 bits per heavy atom. The molecule has 0 saturated heterocycles. The lowest BCUT2D eigenvalue weighted by Crippen LogP contribution is -2.09. The molecule has 0 aliphatic carbocycles. The Kier molecular flexibility index (Phi) is 4.62. The maximum absolute atomic E-state index is 11.7. The van der Waals surface area contributed by atoms with E-state index in [-0.39, 0.29) is 11.7 Å². The van der Waals surface area contributed by atoms with Crippen LogP contribution in [0.2, 0.25) is 10.0 Å². The number of hydrogen-bond acceptors (Lipinski definition) is 1. The predicted molar refractivity (Wildman–Crippen MR) is 64.8 cm³/mol. The highest BCUT2D eigenvalue weighted by atomic mass is 35.5. The van der Waals surface area contributed by atoms with Crippen LogP contribution in [0, 0.1) is 0 Å². The van der Waals surface area contributed by atoms with E-state index >= 15 is 0 Å². The summed E-state index contributed by atoms with van der Waals surface area (Å²) >= 11 is 11.9. The third-order valence-corrected chi connectivity index (χ3v) is 2.98. The SMILES string of the molecule is CCCC(=O)C(C)c1cc(Cl)ccc1Cl. The highest BCUT2D eigenvalue weighted by Gasteiger charge is 2.17. The van der Waals surface area contributed by atoms with Crippen molar-refractivity contribution in [1.29, 1.82) is 0 Å². The van der Waals surface area contributed by atoms with Gasteiger partial charge < -0.3 is 0 Å². The van der Waals surface area contributed by atoms with E-state index in [4.69, 9.17) is 23.2 Å². The molecule has 0 aliphatic rings. The number of benzene rings is 1. The number of carbonyl (C=O) groups is 1. The van der Waals surface area contributed by atoms with Crippen LogP contribution in [0.1, 0.15) is 38.2 Å². The number of rotatable bonds is 4. The summed E-state index contributed by atoms with van der Waals surface area (Å²) < 4.78 is 0. The zero-order valence-corrected chi connectivity index (χ0v) is 10.4. The van der Waals surface area contributed by atoms with Crippen molar-refractivity contribution in [1.82, 2.24) is 0 Å². The van der Waals surface area contributed by atoms with Gasteiger partial charge in [0, 0.05) is 22.4 Å². The predicted octanol–water partition coefficient (Wildman–Crippen LogP) is 4.47. The van der Waals surface area contributed by atoms with Crippen LogP contribution in [0.25, 0.3) is 0 Å². The van der Waals surface area contributed by atoms with Gasteiger partial charge in [-0.2, -0.15) is 0 Å². The molecule has 0 N–H and O–H groups in total. The molecule has 3 heteroatoms. The third kappa shape index (κ3) is 3.22. The Morgan fingerprint density at radius 1 is 1.40 bits per heavy atom. The average Bonchev–Trinajstić information content (AvgIpc) is 2.21. The Bertz CT molecular complexity index is 361. The minimum atomic E-state index is -0.170. The lowest BCUT2D eigenvalue weighted by atomic mass is 9.94. The van der Waals surface area contributed by atoms with Crippen molar-refractivity contribution >= 4 is 29.0 Å². The van der Waals surface area contributed by atoms with Crippen LogP contribution in [-0.2, 0) is 4.79 Å². The maximum Gasteiger partial charge on any atom is 0.140 e. The van der Waals surface area contributed by atoms with E-state index in [0.717, 1.165) is 12.0 Å². The van der Waals surface area contributed by atoms with E-state index in [2.05, 4.69) is 0 Å². The Balaban J connectivity index is 2.94. The van der Waals surface area contributed by atoms with Crippen molar-refractivity contribution in [3.63, 3.8) is 0 Å². The van der Waals surface area contributed by atoms with Crippen molar-refractivity contribution in [3.8, 4) is 0 Å². The molecular formula is C12H14Cl2O. The zero-order valence-electron chi connectivity index (χ0n) is 8.89. The molecule has 0 aliphatic heterocycles. The number of ketones is 1. The van der Waals surface area contributed by atoms with Gasteiger partial charge in [-0.05, 0) is 30.2 Å². The summed E-state index contributed by atoms with van der Waals surface area (Å²) in [7, 11) is 0. The van der Waals surface area contributed by atoms with Crippen LogP contribution < -0.4 is 0 Å². The first kappa shape index (κ1) is 12.5. The fourth-order valence-electron chi connectivity index (χ4n) is 1.48. The van der Waals surface area contributed by atoms with Crippen molar-refractivity contribution in [2.45, 2.75) is 32.6 Å². The Morgan fingerprint density at radius 2 is 2.07 bits per heavy atom. The first-order valence-corrected chi connectivity index (χ1v) is 5.79. The van der Waals surface area contributed by atoms with Crippen LogP contribution in [-0.4, -0.2) is 5.78 Å². The van der Waals surface area contributed by atoms with Crippen LogP contribution in [0.3, 0.4) is 0 Å². The van der Waals surface area contributed by atoms with Gasteiger partial charge in [0.15, 0.2) is 0 Å². The molecule has 1 nitrogen and oxygen atoms in total. The third-order valence-electron chi connectivity index (χ3n) is 2.40. The molecule has 0 heterocycles. The fourth-order valence-corrected chi connectivity index (χ4v) is 1.94. The summed E-state index contributed by atoms with van der Waals surface area (Å²) in [6.07, 6.45) is 1.45. The van der Waals surface area contributed by atoms with Gasteiger partial charge in [0.1, 0.15) is 5.78 Å². The number of halogens is 2. The smallest absolute Gasteiger partial charge is 0.140 e. The van der Waals surface area contributed by atoms with Crippen molar-refractivity contribution in [2.75, 3.05) is 0 Å². The fraction of sp³-hybridized carbons (Fsp3) is 0.417. The number of Topliss-reactive ketones (excluding diaryl/α,β-unsaturated/α-hetero) is 1. The molecule has 15 heavy (non-hydrogen) atoms. The van der Waals surface area contributed by atoms with Gasteiger partial charge >= 0.3 is 0 Å². The summed E-state index contributed by atoms with van der Waals surface area (Å²) in [5, 5.41) is 1.22.